The summed E-state index contributed by atoms with van der Waals surface area (Å²) in [5.74, 6) is 1.06. The highest BCUT2D eigenvalue weighted by atomic mass is 32.2. The van der Waals surface area contributed by atoms with Gasteiger partial charge in [-0.25, -0.2) is 0 Å². The van der Waals surface area contributed by atoms with Gasteiger partial charge in [-0.3, -0.25) is 0 Å². The fourth-order valence-corrected chi connectivity index (χ4v) is 3.94. The summed E-state index contributed by atoms with van der Waals surface area (Å²) in [6.45, 7) is 6.20. The molecule has 0 aliphatic carbocycles. The highest BCUT2D eigenvalue weighted by Crippen LogP contribution is 2.34. The van der Waals surface area contributed by atoms with Crippen LogP contribution in [0.3, 0.4) is 0 Å². The normalized spacial score (nSPS) is 14.4. The molecule has 1 atom stereocenters. The van der Waals surface area contributed by atoms with Crippen LogP contribution >= 0.6 is 35.7 Å². The second-order valence-corrected chi connectivity index (χ2v) is 7.10. The smallest absolute Gasteiger partial charge is 0.105 e. The standard InChI is InChI=1S/C10H17NS3/c1-4-6-10(3,8-11)14-9(12)13-7-5-2/h4-7H2,1-3H3. The van der Waals surface area contributed by atoms with Gasteiger partial charge in [-0.05, 0) is 25.5 Å². The molecule has 1 nitrogen and oxygen atoms in total. The predicted molar refractivity (Wildman–Crippen MR) is 71.9 cm³/mol. The van der Waals surface area contributed by atoms with Crippen LogP contribution in [0.15, 0.2) is 0 Å². The largest absolute Gasteiger partial charge is 0.197 e. The lowest BCUT2D eigenvalue weighted by atomic mass is 10.1. The van der Waals surface area contributed by atoms with Crippen LogP contribution in [-0.4, -0.2) is 14.0 Å². The zero-order valence-corrected chi connectivity index (χ0v) is 11.4. The summed E-state index contributed by atoms with van der Waals surface area (Å²) < 4.78 is 0.580. The monoisotopic (exact) mass is 247 g/mol. The molecule has 0 amide bonds. The van der Waals surface area contributed by atoms with Crippen LogP contribution in [0.5, 0.6) is 0 Å². The van der Waals surface area contributed by atoms with E-state index in [1.165, 1.54) is 0 Å². The minimum absolute atomic E-state index is 0.327. The van der Waals surface area contributed by atoms with E-state index in [-0.39, 0.29) is 4.75 Å². The van der Waals surface area contributed by atoms with Gasteiger partial charge in [0, 0.05) is 0 Å². The molecule has 0 aromatic carbocycles. The average Bonchev–Trinajstić information content (AvgIpc) is 2.15. The van der Waals surface area contributed by atoms with Gasteiger partial charge in [-0.2, -0.15) is 5.26 Å². The number of nitrogens with zero attached hydrogens (tertiary/aromatic N) is 1. The minimum atomic E-state index is -0.327. The molecular formula is C10H17NS3. The van der Waals surface area contributed by atoms with Crippen molar-refractivity contribution in [3.63, 3.8) is 0 Å². The first-order valence-corrected chi connectivity index (χ1v) is 7.06. The first kappa shape index (κ1) is 14.3. The van der Waals surface area contributed by atoms with Crippen molar-refractivity contribution in [2.75, 3.05) is 5.75 Å². The van der Waals surface area contributed by atoms with E-state index in [1.807, 2.05) is 6.92 Å². The van der Waals surface area contributed by atoms with Gasteiger partial charge in [0.05, 0.1) is 6.07 Å². The van der Waals surface area contributed by atoms with E-state index in [2.05, 4.69) is 19.9 Å². The Kier molecular flexibility index (Phi) is 7.71. The first-order valence-electron chi connectivity index (χ1n) is 4.85. The molecule has 80 valence electrons. The van der Waals surface area contributed by atoms with E-state index >= 15 is 0 Å². The van der Waals surface area contributed by atoms with E-state index in [4.69, 9.17) is 17.5 Å². The summed E-state index contributed by atoms with van der Waals surface area (Å²) in [6.07, 6.45) is 3.06. The Bertz CT molecular complexity index is 222. The number of hydrogen-bond donors (Lipinski definition) is 0. The maximum absolute atomic E-state index is 9.05. The zero-order valence-electron chi connectivity index (χ0n) is 9.00. The quantitative estimate of drug-likeness (QED) is 0.678. The van der Waals surface area contributed by atoms with Crippen molar-refractivity contribution in [1.82, 2.24) is 0 Å². The lowest BCUT2D eigenvalue weighted by Gasteiger charge is -2.19. The Labute approximate surface area is 101 Å². The summed E-state index contributed by atoms with van der Waals surface area (Å²) >= 11 is 8.46. The highest BCUT2D eigenvalue weighted by Gasteiger charge is 2.25. The van der Waals surface area contributed by atoms with E-state index < -0.39 is 0 Å². The van der Waals surface area contributed by atoms with E-state index in [0.29, 0.717) is 0 Å². The van der Waals surface area contributed by atoms with Crippen molar-refractivity contribution < 1.29 is 0 Å². The SMILES string of the molecule is CCCSC(=S)SC(C)(C#N)CCC. The molecular weight excluding hydrogens is 230 g/mol. The van der Waals surface area contributed by atoms with Crippen LogP contribution in [0.25, 0.3) is 0 Å². The van der Waals surface area contributed by atoms with Crippen molar-refractivity contribution in [2.45, 2.75) is 44.8 Å². The summed E-state index contributed by atoms with van der Waals surface area (Å²) in [5.41, 5.74) is 0. The molecule has 1 unspecified atom stereocenters. The Morgan fingerprint density at radius 3 is 2.50 bits per heavy atom. The van der Waals surface area contributed by atoms with Crippen LogP contribution in [0.2, 0.25) is 0 Å². The minimum Gasteiger partial charge on any atom is -0.197 e. The summed E-state index contributed by atoms with van der Waals surface area (Å²) in [6, 6.07) is 2.35. The van der Waals surface area contributed by atoms with Gasteiger partial charge in [-0.15, -0.1) is 11.8 Å². The third kappa shape index (κ3) is 5.90. The van der Waals surface area contributed by atoms with Crippen molar-refractivity contribution in [1.29, 1.82) is 5.26 Å². The molecule has 0 aromatic heterocycles. The van der Waals surface area contributed by atoms with Crippen molar-refractivity contribution >= 4 is 39.3 Å². The molecule has 0 aliphatic heterocycles. The van der Waals surface area contributed by atoms with Crippen molar-refractivity contribution in [3.8, 4) is 6.07 Å². The van der Waals surface area contributed by atoms with Gasteiger partial charge in [0.2, 0.25) is 0 Å². The molecule has 0 aromatic rings. The van der Waals surface area contributed by atoms with Crippen molar-refractivity contribution in [2.24, 2.45) is 0 Å². The molecule has 0 N–H and O–H groups in total. The second-order valence-electron chi connectivity index (χ2n) is 3.29. The Morgan fingerprint density at radius 1 is 1.43 bits per heavy atom. The van der Waals surface area contributed by atoms with Crippen LogP contribution in [0.4, 0.5) is 0 Å². The molecule has 0 rings (SSSR count). The Hall–Kier alpha value is 0.280. The molecule has 0 saturated heterocycles. The fourth-order valence-electron chi connectivity index (χ4n) is 1.01. The number of nitriles is 1. The number of hydrogen-bond acceptors (Lipinski definition) is 4. The topological polar surface area (TPSA) is 23.8 Å². The van der Waals surface area contributed by atoms with Gasteiger partial charge in [-0.1, -0.05) is 44.2 Å². The molecule has 0 radical (unpaired) electrons. The maximum Gasteiger partial charge on any atom is 0.105 e. The summed E-state index contributed by atoms with van der Waals surface area (Å²) in [5, 5.41) is 9.05. The Morgan fingerprint density at radius 2 is 2.07 bits per heavy atom. The maximum atomic E-state index is 9.05. The summed E-state index contributed by atoms with van der Waals surface area (Å²) in [4.78, 5) is 0. The van der Waals surface area contributed by atoms with Crippen LogP contribution in [0.1, 0.15) is 40.0 Å². The van der Waals surface area contributed by atoms with Gasteiger partial charge < -0.3 is 0 Å². The van der Waals surface area contributed by atoms with Gasteiger partial charge in [0.25, 0.3) is 0 Å². The fraction of sp³-hybridized carbons (Fsp3) is 0.800. The molecule has 0 saturated carbocycles. The van der Waals surface area contributed by atoms with Gasteiger partial charge in [0.15, 0.2) is 0 Å². The molecule has 0 spiro atoms. The number of thioether (sulfide) groups is 2. The third-order valence-electron chi connectivity index (χ3n) is 1.70. The van der Waals surface area contributed by atoms with Gasteiger partial charge >= 0.3 is 0 Å². The number of thiocarbonyl (C=S) groups is 1. The third-order valence-corrected chi connectivity index (χ3v) is 4.66. The highest BCUT2D eigenvalue weighted by molar-refractivity contribution is 8.47. The molecule has 0 fully saturated rings. The lowest BCUT2D eigenvalue weighted by Crippen LogP contribution is -2.18. The average molecular weight is 247 g/mol. The predicted octanol–water partition coefficient (Wildman–Crippen LogP) is 4.23. The lowest BCUT2D eigenvalue weighted by molar-refractivity contribution is 0.695. The molecule has 4 heteroatoms. The van der Waals surface area contributed by atoms with Crippen LogP contribution in [-0.2, 0) is 0 Å². The van der Waals surface area contributed by atoms with Gasteiger partial charge in [0.1, 0.15) is 8.28 Å². The molecule has 0 bridgehead atoms. The van der Waals surface area contributed by atoms with Crippen LogP contribution in [0, 0.1) is 11.3 Å². The van der Waals surface area contributed by atoms with E-state index in [9.17, 15) is 0 Å². The second kappa shape index (κ2) is 7.56. The van der Waals surface area contributed by atoms with Crippen molar-refractivity contribution in [3.05, 3.63) is 0 Å². The molecule has 14 heavy (non-hydrogen) atoms. The Balaban J connectivity index is 4.05. The van der Waals surface area contributed by atoms with Crippen LogP contribution < -0.4 is 0 Å². The molecule has 0 heterocycles. The molecule has 0 aliphatic rings. The number of rotatable bonds is 5. The zero-order chi connectivity index (χ0) is 11.0. The van der Waals surface area contributed by atoms with E-state index in [0.717, 1.165) is 28.5 Å². The summed E-state index contributed by atoms with van der Waals surface area (Å²) in [7, 11) is 0. The first-order chi connectivity index (χ1) is 6.58. The van der Waals surface area contributed by atoms with E-state index in [1.54, 1.807) is 23.5 Å².